The Balaban J connectivity index is 1.94. The molecule has 19 heavy (non-hydrogen) atoms. The average molecular weight is 327 g/mol. The Bertz CT molecular complexity index is 484. The molecule has 0 atom stereocenters. The van der Waals surface area contributed by atoms with Gasteiger partial charge >= 0.3 is 0 Å². The van der Waals surface area contributed by atoms with Crippen LogP contribution in [0.1, 0.15) is 32.3 Å². The normalized spacial score (nSPS) is 16.6. The summed E-state index contributed by atoms with van der Waals surface area (Å²) in [5.74, 6) is 0.692. The Hall–Kier alpha value is -0.940. The Morgan fingerprint density at radius 1 is 1.42 bits per heavy atom. The van der Waals surface area contributed by atoms with Gasteiger partial charge in [-0.05, 0) is 35.8 Å². The van der Waals surface area contributed by atoms with E-state index in [0.717, 1.165) is 16.6 Å². The summed E-state index contributed by atoms with van der Waals surface area (Å²) in [7, 11) is 0. The molecule has 0 aliphatic heterocycles. The first kappa shape index (κ1) is 14.5. The molecule has 0 spiro atoms. The third kappa shape index (κ3) is 3.54. The first-order valence-corrected chi connectivity index (χ1v) is 7.37. The summed E-state index contributed by atoms with van der Waals surface area (Å²) in [5.41, 5.74) is 1.54. The third-order valence-electron chi connectivity index (χ3n) is 4.08. The number of benzene rings is 1. The molecule has 1 aliphatic rings. The second-order valence-corrected chi connectivity index (χ2v) is 6.61. The van der Waals surface area contributed by atoms with E-state index in [4.69, 9.17) is 0 Å². The van der Waals surface area contributed by atoms with Crippen LogP contribution in [0.2, 0.25) is 0 Å². The van der Waals surface area contributed by atoms with Crippen molar-refractivity contribution in [2.45, 2.75) is 33.2 Å². The summed E-state index contributed by atoms with van der Waals surface area (Å²) in [6, 6.07) is 5.08. The van der Waals surface area contributed by atoms with Crippen LogP contribution in [0.25, 0.3) is 0 Å². The SMILES string of the molecule is CC(C)C1(CNCc2cc(Br)cc([N+](=O)[O-])c2)CC1. The lowest BCUT2D eigenvalue weighted by atomic mass is 9.92. The Morgan fingerprint density at radius 3 is 2.63 bits per heavy atom. The molecule has 4 nitrogen and oxygen atoms in total. The Labute approximate surface area is 121 Å². The lowest BCUT2D eigenvalue weighted by Crippen LogP contribution is -2.27. The molecule has 1 aromatic carbocycles. The van der Waals surface area contributed by atoms with Crippen LogP contribution in [0.4, 0.5) is 5.69 Å². The van der Waals surface area contributed by atoms with Crippen LogP contribution in [0.15, 0.2) is 22.7 Å². The van der Waals surface area contributed by atoms with Gasteiger partial charge in [-0.25, -0.2) is 0 Å². The molecule has 0 aromatic heterocycles. The number of nitro benzene ring substituents is 1. The molecule has 0 radical (unpaired) electrons. The molecule has 5 heteroatoms. The molecule has 2 rings (SSSR count). The summed E-state index contributed by atoms with van der Waals surface area (Å²) in [6.07, 6.45) is 2.58. The van der Waals surface area contributed by atoms with E-state index in [-0.39, 0.29) is 10.6 Å². The molecule has 104 valence electrons. The molecule has 1 aliphatic carbocycles. The highest BCUT2D eigenvalue weighted by atomic mass is 79.9. The topological polar surface area (TPSA) is 55.2 Å². The molecule has 1 aromatic rings. The summed E-state index contributed by atoms with van der Waals surface area (Å²) in [5, 5.41) is 14.2. The van der Waals surface area contributed by atoms with Crippen molar-refractivity contribution in [3.8, 4) is 0 Å². The number of nitro groups is 1. The van der Waals surface area contributed by atoms with Gasteiger partial charge in [-0.1, -0.05) is 29.8 Å². The maximum atomic E-state index is 10.8. The highest BCUT2D eigenvalue weighted by molar-refractivity contribution is 9.10. The van der Waals surface area contributed by atoms with Crippen molar-refractivity contribution in [2.75, 3.05) is 6.54 Å². The molecule has 0 unspecified atom stereocenters. The van der Waals surface area contributed by atoms with Gasteiger partial charge in [-0.2, -0.15) is 0 Å². The first-order valence-electron chi connectivity index (χ1n) is 6.57. The number of nitrogens with one attached hydrogen (secondary N) is 1. The molecule has 0 bridgehead atoms. The first-order chi connectivity index (χ1) is 8.93. The molecule has 0 saturated heterocycles. The van der Waals surface area contributed by atoms with E-state index in [0.29, 0.717) is 17.9 Å². The zero-order chi connectivity index (χ0) is 14.0. The van der Waals surface area contributed by atoms with Crippen molar-refractivity contribution in [3.63, 3.8) is 0 Å². The predicted octanol–water partition coefficient (Wildman–Crippen LogP) is 3.88. The van der Waals surface area contributed by atoms with Crippen LogP contribution in [0.3, 0.4) is 0 Å². The van der Waals surface area contributed by atoms with Crippen LogP contribution in [-0.2, 0) is 6.54 Å². The quantitative estimate of drug-likeness (QED) is 0.637. The van der Waals surface area contributed by atoms with Crippen molar-refractivity contribution in [2.24, 2.45) is 11.3 Å². The highest BCUT2D eigenvalue weighted by Gasteiger charge is 2.44. The zero-order valence-corrected chi connectivity index (χ0v) is 12.9. The van der Waals surface area contributed by atoms with E-state index >= 15 is 0 Å². The average Bonchev–Trinajstić information content (AvgIpc) is 3.09. The molecule has 1 N–H and O–H groups in total. The fraction of sp³-hybridized carbons (Fsp3) is 0.571. The van der Waals surface area contributed by atoms with Gasteiger partial charge in [0.25, 0.3) is 5.69 Å². The van der Waals surface area contributed by atoms with Gasteiger partial charge in [0.15, 0.2) is 0 Å². The zero-order valence-electron chi connectivity index (χ0n) is 11.3. The minimum atomic E-state index is -0.356. The lowest BCUT2D eigenvalue weighted by Gasteiger charge is -2.20. The van der Waals surface area contributed by atoms with Crippen LogP contribution >= 0.6 is 15.9 Å². The standard InChI is InChI=1S/C14H19BrN2O2/c1-10(2)14(3-4-14)9-16-8-11-5-12(15)7-13(6-11)17(18)19/h5-7,10,16H,3-4,8-9H2,1-2H3. The second-order valence-electron chi connectivity index (χ2n) is 5.70. The van der Waals surface area contributed by atoms with Crippen molar-refractivity contribution >= 4 is 21.6 Å². The summed E-state index contributed by atoms with van der Waals surface area (Å²) >= 11 is 3.32. The van der Waals surface area contributed by atoms with Crippen LogP contribution in [0.5, 0.6) is 0 Å². The minimum absolute atomic E-state index is 0.135. The van der Waals surface area contributed by atoms with Gasteiger partial charge in [0.05, 0.1) is 4.92 Å². The fourth-order valence-electron chi connectivity index (χ4n) is 2.42. The maximum Gasteiger partial charge on any atom is 0.270 e. The maximum absolute atomic E-state index is 10.8. The largest absolute Gasteiger partial charge is 0.312 e. The molecular formula is C14H19BrN2O2. The number of hydrogen-bond acceptors (Lipinski definition) is 3. The molecule has 0 heterocycles. The number of non-ortho nitro benzene ring substituents is 1. The van der Waals surface area contributed by atoms with E-state index < -0.39 is 0 Å². The summed E-state index contributed by atoms with van der Waals surface area (Å²) in [4.78, 5) is 10.4. The van der Waals surface area contributed by atoms with Gasteiger partial charge in [-0.15, -0.1) is 0 Å². The monoisotopic (exact) mass is 326 g/mol. The number of rotatable bonds is 6. The van der Waals surface area contributed by atoms with E-state index in [1.54, 1.807) is 6.07 Å². The lowest BCUT2D eigenvalue weighted by molar-refractivity contribution is -0.385. The van der Waals surface area contributed by atoms with E-state index in [1.165, 1.54) is 18.9 Å². The highest BCUT2D eigenvalue weighted by Crippen LogP contribution is 2.51. The van der Waals surface area contributed by atoms with Crippen LogP contribution in [-0.4, -0.2) is 11.5 Å². The van der Waals surface area contributed by atoms with Crippen molar-refractivity contribution < 1.29 is 4.92 Å². The van der Waals surface area contributed by atoms with Gasteiger partial charge in [0, 0.05) is 29.7 Å². The molecular weight excluding hydrogens is 308 g/mol. The Morgan fingerprint density at radius 2 is 2.11 bits per heavy atom. The van der Waals surface area contributed by atoms with Gasteiger partial charge in [-0.3, -0.25) is 10.1 Å². The molecule has 1 saturated carbocycles. The minimum Gasteiger partial charge on any atom is -0.312 e. The summed E-state index contributed by atoms with van der Waals surface area (Å²) in [6.45, 7) is 6.19. The number of nitrogens with zero attached hydrogens (tertiary/aromatic N) is 1. The van der Waals surface area contributed by atoms with Crippen LogP contribution in [0, 0.1) is 21.4 Å². The number of halogens is 1. The molecule has 0 amide bonds. The van der Waals surface area contributed by atoms with E-state index in [2.05, 4.69) is 35.1 Å². The Kier molecular flexibility index (Phi) is 4.26. The summed E-state index contributed by atoms with van der Waals surface area (Å²) < 4.78 is 0.753. The second kappa shape index (κ2) is 5.59. The smallest absolute Gasteiger partial charge is 0.270 e. The predicted molar refractivity (Wildman–Crippen MR) is 79.0 cm³/mol. The van der Waals surface area contributed by atoms with Crippen molar-refractivity contribution in [1.82, 2.24) is 5.32 Å². The van der Waals surface area contributed by atoms with E-state index in [1.807, 2.05) is 6.07 Å². The molecule has 1 fully saturated rings. The van der Waals surface area contributed by atoms with Crippen LogP contribution < -0.4 is 5.32 Å². The van der Waals surface area contributed by atoms with Gasteiger partial charge in [0.1, 0.15) is 0 Å². The fourth-order valence-corrected chi connectivity index (χ4v) is 2.94. The van der Waals surface area contributed by atoms with Crippen molar-refractivity contribution in [3.05, 3.63) is 38.3 Å². The van der Waals surface area contributed by atoms with E-state index in [9.17, 15) is 10.1 Å². The van der Waals surface area contributed by atoms with Gasteiger partial charge in [0.2, 0.25) is 0 Å². The van der Waals surface area contributed by atoms with Gasteiger partial charge < -0.3 is 5.32 Å². The third-order valence-corrected chi connectivity index (χ3v) is 4.53. The number of hydrogen-bond donors (Lipinski definition) is 1. The van der Waals surface area contributed by atoms with Crippen molar-refractivity contribution in [1.29, 1.82) is 0 Å².